The fraction of sp³-hybridized carbons (Fsp3) is 0.571. The molecule has 0 aliphatic carbocycles. The first-order valence-corrected chi connectivity index (χ1v) is 7.11. The Kier molecular flexibility index (Phi) is 5.95. The quantitative estimate of drug-likeness (QED) is 0.787. The lowest BCUT2D eigenvalue weighted by molar-refractivity contribution is 0.115. The van der Waals surface area contributed by atoms with Gasteiger partial charge in [-0.25, -0.2) is 8.78 Å². The van der Waals surface area contributed by atoms with Gasteiger partial charge in [0, 0.05) is 37.8 Å². The molecule has 1 aliphatic heterocycles. The van der Waals surface area contributed by atoms with E-state index in [0.717, 1.165) is 38.5 Å². The van der Waals surface area contributed by atoms with Crippen LogP contribution in [0.25, 0.3) is 0 Å². The van der Waals surface area contributed by atoms with E-state index in [1.54, 1.807) is 0 Å². The number of nitrogens with zero attached hydrogens (tertiary/aromatic N) is 1. The summed E-state index contributed by atoms with van der Waals surface area (Å²) in [5, 5.41) is 0. The molecule has 1 aromatic carbocycles. The SMILES string of the molecule is CCCCN1CCOB(c2ccc(F)cc2F)OCC1. The van der Waals surface area contributed by atoms with E-state index in [1.165, 1.54) is 12.1 Å². The predicted octanol–water partition coefficient (Wildman–Crippen LogP) is 1.81. The van der Waals surface area contributed by atoms with Crippen LogP contribution in [0.1, 0.15) is 19.8 Å². The molecule has 6 heteroatoms. The highest BCUT2D eigenvalue weighted by atomic mass is 19.1. The minimum absolute atomic E-state index is 0.258. The lowest BCUT2D eigenvalue weighted by atomic mass is 9.78. The Labute approximate surface area is 119 Å². The van der Waals surface area contributed by atoms with Crippen LogP contribution < -0.4 is 5.46 Å². The summed E-state index contributed by atoms with van der Waals surface area (Å²) >= 11 is 0. The molecule has 1 fully saturated rings. The van der Waals surface area contributed by atoms with Crippen molar-refractivity contribution in [2.24, 2.45) is 0 Å². The summed E-state index contributed by atoms with van der Waals surface area (Å²) < 4.78 is 37.8. The van der Waals surface area contributed by atoms with Gasteiger partial charge in [0.05, 0.1) is 0 Å². The third-order valence-corrected chi connectivity index (χ3v) is 3.40. The van der Waals surface area contributed by atoms with Crippen LogP contribution in [0.5, 0.6) is 0 Å². The number of benzene rings is 1. The molecule has 1 aromatic rings. The van der Waals surface area contributed by atoms with Crippen molar-refractivity contribution in [1.82, 2.24) is 4.90 Å². The molecule has 2 rings (SSSR count). The predicted molar refractivity (Wildman–Crippen MR) is 75.0 cm³/mol. The summed E-state index contributed by atoms with van der Waals surface area (Å²) in [4.78, 5) is 2.28. The molecule has 0 bridgehead atoms. The average molecular weight is 283 g/mol. The van der Waals surface area contributed by atoms with Crippen molar-refractivity contribution in [2.75, 3.05) is 32.8 Å². The second kappa shape index (κ2) is 7.71. The second-order valence-electron chi connectivity index (χ2n) is 4.93. The van der Waals surface area contributed by atoms with Crippen LogP contribution >= 0.6 is 0 Å². The van der Waals surface area contributed by atoms with Gasteiger partial charge in [-0.05, 0) is 19.0 Å². The molecule has 3 nitrogen and oxygen atoms in total. The number of unbranched alkanes of at least 4 members (excludes halogenated alkanes) is 1. The maximum Gasteiger partial charge on any atom is 0.496 e. The van der Waals surface area contributed by atoms with Gasteiger partial charge in [-0.15, -0.1) is 0 Å². The van der Waals surface area contributed by atoms with Gasteiger partial charge in [0.2, 0.25) is 0 Å². The van der Waals surface area contributed by atoms with E-state index in [1.807, 2.05) is 0 Å². The first-order chi connectivity index (χ1) is 9.70. The minimum Gasteiger partial charge on any atom is -0.406 e. The summed E-state index contributed by atoms with van der Waals surface area (Å²) in [7, 11) is -0.746. The fourth-order valence-electron chi connectivity index (χ4n) is 2.22. The van der Waals surface area contributed by atoms with Gasteiger partial charge >= 0.3 is 7.12 Å². The van der Waals surface area contributed by atoms with E-state index in [2.05, 4.69) is 11.8 Å². The average Bonchev–Trinajstić information content (AvgIpc) is 2.39. The van der Waals surface area contributed by atoms with Crippen molar-refractivity contribution < 1.29 is 18.1 Å². The number of hydrogen-bond acceptors (Lipinski definition) is 3. The molecule has 0 amide bonds. The van der Waals surface area contributed by atoms with E-state index < -0.39 is 18.8 Å². The third kappa shape index (κ3) is 4.26. The van der Waals surface area contributed by atoms with Gasteiger partial charge in [-0.2, -0.15) is 0 Å². The first kappa shape index (κ1) is 15.4. The molecule has 0 spiro atoms. The number of halogens is 2. The highest BCUT2D eigenvalue weighted by Gasteiger charge is 2.27. The van der Waals surface area contributed by atoms with Crippen LogP contribution in [0.4, 0.5) is 8.78 Å². The summed E-state index contributed by atoms with van der Waals surface area (Å²) in [6.07, 6.45) is 2.30. The van der Waals surface area contributed by atoms with Gasteiger partial charge in [0.25, 0.3) is 0 Å². The van der Waals surface area contributed by atoms with E-state index in [9.17, 15) is 8.78 Å². The van der Waals surface area contributed by atoms with E-state index in [-0.39, 0.29) is 5.46 Å². The van der Waals surface area contributed by atoms with E-state index >= 15 is 0 Å². The zero-order valence-corrected chi connectivity index (χ0v) is 11.8. The molecule has 0 aromatic heterocycles. The van der Waals surface area contributed by atoms with Crippen molar-refractivity contribution in [3.63, 3.8) is 0 Å². The Morgan fingerprint density at radius 1 is 1.20 bits per heavy atom. The molecule has 0 saturated carbocycles. The largest absolute Gasteiger partial charge is 0.496 e. The summed E-state index contributed by atoms with van der Waals surface area (Å²) in [5.41, 5.74) is 0.258. The maximum absolute atomic E-state index is 13.7. The first-order valence-electron chi connectivity index (χ1n) is 7.11. The smallest absolute Gasteiger partial charge is 0.406 e. The van der Waals surface area contributed by atoms with Crippen molar-refractivity contribution in [3.8, 4) is 0 Å². The minimum atomic E-state index is -0.746. The Balaban J connectivity index is 1.93. The lowest BCUT2D eigenvalue weighted by Gasteiger charge is -2.27. The number of hydrogen-bond donors (Lipinski definition) is 0. The Morgan fingerprint density at radius 2 is 1.90 bits per heavy atom. The second-order valence-corrected chi connectivity index (χ2v) is 4.93. The highest BCUT2D eigenvalue weighted by Crippen LogP contribution is 2.05. The van der Waals surface area contributed by atoms with Crippen molar-refractivity contribution in [3.05, 3.63) is 29.8 Å². The lowest BCUT2D eigenvalue weighted by Crippen LogP contribution is -2.45. The molecule has 0 unspecified atom stereocenters. The molecule has 0 N–H and O–H groups in total. The van der Waals surface area contributed by atoms with Crippen LogP contribution in [0.15, 0.2) is 18.2 Å². The van der Waals surface area contributed by atoms with Crippen LogP contribution in [-0.4, -0.2) is 44.9 Å². The summed E-state index contributed by atoms with van der Waals surface area (Å²) in [6, 6.07) is 3.46. The van der Waals surface area contributed by atoms with Crippen LogP contribution in [0.2, 0.25) is 0 Å². The van der Waals surface area contributed by atoms with Gasteiger partial charge < -0.3 is 9.31 Å². The van der Waals surface area contributed by atoms with Gasteiger partial charge in [0.1, 0.15) is 11.6 Å². The maximum atomic E-state index is 13.7. The zero-order chi connectivity index (χ0) is 14.4. The molecular weight excluding hydrogens is 263 g/mol. The zero-order valence-electron chi connectivity index (χ0n) is 11.8. The van der Waals surface area contributed by atoms with Gasteiger partial charge in [0.15, 0.2) is 0 Å². The molecule has 0 atom stereocenters. The van der Waals surface area contributed by atoms with Gasteiger partial charge in [-0.1, -0.05) is 19.4 Å². The third-order valence-electron chi connectivity index (χ3n) is 3.40. The molecule has 1 heterocycles. The van der Waals surface area contributed by atoms with Crippen LogP contribution in [0, 0.1) is 11.6 Å². The molecule has 1 saturated heterocycles. The molecule has 20 heavy (non-hydrogen) atoms. The van der Waals surface area contributed by atoms with Gasteiger partial charge in [-0.3, -0.25) is 4.90 Å². The topological polar surface area (TPSA) is 21.7 Å². The fourth-order valence-corrected chi connectivity index (χ4v) is 2.22. The Bertz CT molecular complexity index is 424. The molecular formula is C14H20BF2NO2. The molecule has 110 valence electrons. The molecule has 0 radical (unpaired) electrons. The Hall–Kier alpha value is -0.975. The van der Waals surface area contributed by atoms with Crippen LogP contribution in [0.3, 0.4) is 0 Å². The van der Waals surface area contributed by atoms with Crippen molar-refractivity contribution in [1.29, 1.82) is 0 Å². The van der Waals surface area contributed by atoms with E-state index in [0.29, 0.717) is 13.2 Å². The summed E-state index contributed by atoms with van der Waals surface area (Å²) in [5.74, 6) is -1.22. The summed E-state index contributed by atoms with van der Waals surface area (Å²) in [6.45, 7) is 5.75. The monoisotopic (exact) mass is 283 g/mol. The van der Waals surface area contributed by atoms with Crippen molar-refractivity contribution in [2.45, 2.75) is 19.8 Å². The normalized spacial score (nSPS) is 17.9. The highest BCUT2D eigenvalue weighted by molar-refractivity contribution is 6.61. The standard InChI is InChI=1S/C14H20BF2NO2/c1-2-3-6-18-7-9-19-15(20-10-8-18)13-5-4-12(16)11-14(13)17/h4-5,11H,2-3,6-10H2,1H3. The van der Waals surface area contributed by atoms with Crippen LogP contribution in [-0.2, 0) is 9.31 Å². The van der Waals surface area contributed by atoms with Crippen molar-refractivity contribution >= 4 is 12.6 Å². The Morgan fingerprint density at radius 3 is 2.50 bits per heavy atom. The van der Waals surface area contributed by atoms with E-state index in [4.69, 9.17) is 9.31 Å². The molecule has 1 aliphatic rings. The number of rotatable bonds is 4.